The SMILES string of the molecule is CC(C)Cn1ncnc1CNC1CCCC1. The van der Waals surface area contributed by atoms with Gasteiger partial charge in [-0.1, -0.05) is 26.7 Å². The summed E-state index contributed by atoms with van der Waals surface area (Å²) in [5.41, 5.74) is 0. The molecule has 0 saturated heterocycles. The van der Waals surface area contributed by atoms with E-state index >= 15 is 0 Å². The molecule has 4 nitrogen and oxygen atoms in total. The van der Waals surface area contributed by atoms with Gasteiger partial charge in [0.05, 0.1) is 6.54 Å². The van der Waals surface area contributed by atoms with Crippen LogP contribution in [-0.2, 0) is 13.1 Å². The summed E-state index contributed by atoms with van der Waals surface area (Å²) in [5, 5.41) is 7.84. The monoisotopic (exact) mass is 222 g/mol. The van der Waals surface area contributed by atoms with Crippen molar-refractivity contribution in [3.05, 3.63) is 12.2 Å². The highest BCUT2D eigenvalue weighted by Gasteiger charge is 2.15. The van der Waals surface area contributed by atoms with Gasteiger partial charge in [0, 0.05) is 12.6 Å². The van der Waals surface area contributed by atoms with Gasteiger partial charge >= 0.3 is 0 Å². The van der Waals surface area contributed by atoms with Crippen LogP contribution in [0.2, 0.25) is 0 Å². The molecule has 0 amide bonds. The fourth-order valence-corrected chi connectivity index (χ4v) is 2.29. The van der Waals surface area contributed by atoms with Crippen LogP contribution in [0.5, 0.6) is 0 Å². The lowest BCUT2D eigenvalue weighted by molar-refractivity contribution is 0.442. The van der Waals surface area contributed by atoms with Gasteiger partial charge in [-0.15, -0.1) is 0 Å². The van der Waals surface area contributed by atoms with E-state index in [2.05, 4.69) is 29.2 Å². The van der Waals surface area contributed by atoms with Crippen molar-refractivity contribution >= 4 is 0 Å². The van der Waals surface area contributed by atoms with Gasteiger partial charge in [0.15, 0.2) is 0 Å². The van der Waals surface area contributed by atoms with E-state index < -0.39 is 0 Å². The van der Waals surface area contributed by atoms with Gasteiger partial charge in [0.2, 0.25) is 0 Å². The summed E-state index contributed by atoms with van der Waals surface area (Å²) in [5.74, 6) is 1.69. The van der Waals surface area contributed by atoms with E-state index in [9.17, 15) is 0 Å². The van der Waals surface area contributed by atoms with Crippen LogP contribution < -0.4 is 5.32 Å². The third-order valence-electron chi connectivity index (χ3n) is 3.14. The highest BCUT2D eigenvalue weighted by Crippen LogP contribution is 2.17. The normalized spacial score (nSPS) is 17.4. The Labute approximate surface area is 97.5 Å². The van der Waals surface area contributed by atoms with Crippen molar-refractivity contribution < 1.29 is 0 Å². The number of hydrogen-bond acceptors (Lipinski definition) is 3. The maximum atomic E-state index is 4.32. The Bertz CT molecular complexity index is 313. The first kappa shape index (κ1) is 11.6. The van der Waals surface area contributed by atoms with Crippen molar-refractivity contribution in [3.8, 4) is 0 Å². The molecule has 1 saturated carbocycles. The minimum Gasteiger partial charge on any atom is -0.307 e. The molecule has 0 atom stereocenters. The zero-order chi connectivity index (χ0) is 11.4. The molecule has 0 bridgehead atoms. The number of nitrogens with one attached hydrogen (secondary N) is 1. The van der Waals surface area contributed by atoms with Crippen LogP contribution in [0.4, 0.5) is 0 Å². The molecule has 4 heteroatoms. The second kappa shape index (κ2) is 5.43. The van der Waals surface area contributed by atoms with Gasteiger partial charge in [0.25, 0.3) is 0 Å². The average molecular weight is 222 g/mol. The summed E-state index contributed by atoms with van der Waals surface area (Å²) in [7, 11) is 0. The molecule has 1 heterocycles. The Hall–Kier alpha value is -0.900. The van der Waals surface area contributed by atoms with Crippen LogP contribution in [0.15, 0.2) is 6.33 Å². The molecule has 1 aromatic heterocycles. The molecule has 0 spiro atoms. The number of rotatable bonds is 5. The maximum Gasteiger partial charge on any atom is 0.140 e. The molecular weight excluding hydrogens is 200 g/mol. The van der Waals surface area contributed by atoms with Gasteiger partial charge in [-0.05, 0) is 18.8 Å². The predicted molar refractivity (Wildman–Crippen MR) is 64.0 cm³/mol. The van der Waals surface area contributed by atoms with E-state index in [1.54, 1.807) is 6.33 Å². The lowest BCUT2D eigenvalue weighted by Gasteiger charge is -2.13. The van der Waals surface area contributed by atoms with Crippen LogP contribution in [0, 0.1) is 5.92 Å². The quantitative estimate of drug-likeness (QED) is 0.828. The van der Waals surface area contributed by atoms with E-state index in [1.807, 2.05) is 4.68 Å². The second-order valence-corrected chi connectivity index (χ2v) is 5.11. The Morgan fingerprint density at radius 1 is 1.44 bits per heavy atom. The zero-order valence-electron chi connectivity index (χ0n) is 10.3. The Morgan fingerprint density at radius 2 is 2.19 bits per heavy atom. The van der Waals surface area contributed by atoms with Crippen LogP contribution in [0.25, 0.3) is 0 Å². The third-order valence-corrected chi connectivity index (χ3v) is 3.14. The molecule has 2 rings (SSSR count). The highest BCUT2D eigenvalue weighted by atomic mass is 15.3. The molecule has 1 aromatic rings. The standard InChI is InChI=1S/C12H22N4/c1-10(2)8-16-12(14-9-15-16)7-13-11-5-3-4-6-11/h9-11,13H,3-8H2,1-2H3. The molecule has 90 valence electrons. The van der Waals surface area contributed by atoms with Crippen molar-refractivity contribution in [2.75, 3.05) is 0 Å². The third kappa shape index (κ3) is 3.04. The Kier molecular flexibility index (Phi) is 3.93. The van der Waals surface area contributed by atoms with E-state index in [0.717, 1.165) is 18.9 Å². The smallest absolute Gasteiger partial charge is 0.140 e. The van der Waals surface area contributed by atoms with Crippen molar-refractivity contribution in [1.29, 1.82) is 0 Å². The van der Waals surface area contributed by atoms with E-state index in [1.165, 1.54) is 25.7 Å². The largest absolute Gasteiger partial charge is 0.307 e. The van der Waals surface area contributed by atoms with Crippen molar-refractivity contribution in [1.82, 2.24) is 20.1 Å². The van der Waals surface area contributed by atoms with Gasteiger partial charge in [0.1, 0.15) is 12.2 Å². The van der Waals surface area contributed by atoms with E-state index in [-0.39, 0.29) is 0 Å². The van der Waals surface area contributed by atoms with Gasteiger partial charge in [-0.2, -0.15) is 5.10 Å². The Balaban J connectivity index is 1.85. The van der Waals surface area contributed by atoms with Crippen molar-refractivity contribution in [2.45, 2.75) is 58.7 Å². The highest BCUT2D eigenvalue weighted by molar-refractivity contribution is 4.86. The molecule has 1 aliphatic carbocycles. The van der Waals surface area contributed by atoms with Crippen molar-refractivity contribution in [3.63, 3.8) is 0 Å². The summed E-state index contributed by atoms with van der Waals surface area (Å²) in [4.78, 5) is 4.32. The average Bonchev–Trinajstić information content (AvgIpc) is 2.84. The van der Waals surface area contributed by atoms with E-state index in [4.69, 9.17) is 0 Å². The van der Waals surface area contributed by atoms with Gasteiger partial charge in [-0.25, -0.2) is 9.67 Å². The number of nitrogens with zero attached hydrogens (tertiary/aromatic N) is 3. The summed E-state index contributed by atoms with van der Waals surface area (Å²) < 4.78 is 2.02. The second-order valence-electron chi connectivity index (χ2n) is 5.11. The predicted octanol–water partition coefficient (Wildman–Crippen LogP) is 1.97. The van der Waals surface area contributed by atoms with Gasteiger partial charge < -0.3 is 5.32 Å². The number of hydrogen-bond donors (Lipinski definition) is 1. The summed E-state index contributed by atoms with van der Waals surface area (Å²) in [6.07, 6.45) is 7.04. The summed E-state index contributed by atoms with van der Waals surface area (Å²) in [6.45, 7) is 6.23. The topological polar surface area (TPSA) is 42.7 Å². The maximum absolute atomic E-state index is 4.32. The number of aromatic nitrogens is 3. The molecule has 1 fully saturated rings. The molecule has 0 unspecified atom stereocenters. The lowest BCUT2D eigenvalue weighted by Crippen LogP contribution is -2.27. The lowest BCUT2D eigenvalue weighted by atomic mass is 10.2. The molecule has 1 N–H and O–H groups in total. The summed E-state index contributed by atoms with van der Waals surface area (Å²) in [6, 6.07) is 0.698. The minimum absolute atomic E-state index is 0.618. The van der Waals surface area contributed by atoms with Crippen LogP contribution in [0.1, 0.15) is 45.4 Å². The first-order valence-corrected chi connectivity index (χ1v) is 6.36. The first-order valence-electron chi connectivity index (χ1n) is 6.36. The fourth-order valence-electron chi connectivity index (χ4n) is 2.29. The minimum atomic E-state index is 0.618. The molecular formula is C12H22N4. The Morgan fingerprint density at radius 3 is 2.88 bits per heavy atom. The fraction of sp³-hybridized carbons (Fsp3) is 0.833. The molecule has 0 radical (unpaired) electrons. The molecule has 0 aromatic carbocycles. The molecule has 1 aliphatic rings. The summed E-state index contributed by atoms with van der Waals surface area (Å²) >= 11 is 0. The first-order chi connectivity index (χ1) is 7.75. The van der Waals surface area contributed by atoms with Crippen LogP contribution >= 0.6 is 0 Å². The molecule has 0 aliphatic heterocycles. The zero-order valence-corrected chi connectivity index (χ0v) is 10.3. The molecule has 16 heavy (non-hydrogen) atoms. The van der Waals surface area contributed by atoms with Crippen molar-refractivity contribution in [2.24, 2.45) is 5.92 Å². The van der Waals surface area contributed by atoms with Gasteiger partial charge in [-0.3, -0.25) is 0 Å². The van der Waals surface area contributed by atoms with Crippen LogP contribution in [0.3, 0.4) is 0 Å². The van der Waals surface area contributed by atoms with E-state index in [0.29, 0.717) is 12.0 Å². The van der Waals surface area contributed by atoms with Crippen LogP contribution in [-0.4, -0.2) is 20.8 Å².